The van der Waals surface area contributed by atoms with Crippen molar-refractivity contribution >= 4 is 5.78 Å². The van der Waals surface area contributed by atoms with Gasteiger partial charge in [0.2, 0.25) is 0 Å². The van der Waals surface area contributed by atoms with Gasteiger partial charge in [-0.25, -0.2) is 0 Å². The molecular formula is C19H23N3O3. The SMILES string of the molecule is COc1ccc(C(=O)CN2CCNCC2COc2cccnc2)cc1. The van der Waals surface area contributed by atoms with Gasteiger partial charge in [0.05, 0.1) is 25.9 Å². The van der Waals surface area contributed by atoms with Crippen LogP contribution in [-0.4, -0.2) is 61.6 Å². The molecular weight excluding hydrogens is 318 g/mol. The van der Waals surface area contributed by atoms with Crippen LogP contribution in [0.15, 0.2) is 48.8 Å². The third-order valence-electron chi connectivity index (χ3n) is 4.31. The summed E-state index contributed by atoms with van der Waals surface area (Å²) in [4.78, 5) is 18.8. The standard InChI is InChI=1S/C19H23N3O3/c1-24-17-6-4-15(5-7-17)19(23)13-22-10-9-21-11-16(22)14-25-18-3-2-8-20-12-18/h2-8,12,16,21H,9-11,13-14H2,1H3. The number of carbonyl (C=O) groups is 1. The number of methoxy groups -OCH3 is 1. The number of nitrogens with zero attached hydrogens (tertiary/aromatic N) is 2. The van der Waals surface area contributed by atoms with E-state index in [1.54, 1.807) is 19.5 Å². The van der Waals surface area contributed by atoms with Crippen LogP contribution in [0.1, 0.15) is 10.4 Å². The van der Waals surface area contributed by atoms with Gasteiger partial charge in [-0.3, -0.25) is 14.7 Å². The Hall–Kier alpha value is -2.44. The molecule has 0 aliphatic carbocycles. The van der Waals surface area contributed by atoms with E-state index in [2.05, 4.69) is 15.2 Å². The van der Waals surface area contributed by atoms with Crippen LogP contribution in [-0.2, 0) is 0 Å². The van der Waals surface area contributed by atoms with E-state index in [0.29, 0.717) is 18.7 Å². The van der Waals surface area contributed by atoms with Crippen LogP contribution >= 0.6 is 0 Å². The second-order valence-corrected chi connectivity index (χ2v) is 5.98. The first kappa shape index (κ1) is 17.4. The van der Waals surface area contributed by atoms with E-state index in [1.165, 1.54) is 0 Å². The van der Waals surface area contributed by atoms with E-state index in [1.807, 2.05) is 36.4 Å². The van der Waals surface area contributed by atoms with Gasteiger partial charge in [0, 0.05) is 31.4 Å². The maximum absolute atomic E-state index is 12.6. The lowest BCUT2D eigenvalue weighted by Crippen LogP contribution is -2.55. The fourth-order valence-electron chi connectivity index (χ4n) is 2.85. The van der Waals surface area contributed by atoms with Crippen molar-refractivity contribution in [2.24, 2.45) is 0 Å². The summed E-state index contributed by atoms with van der Waals surface area (Å²) in [6.07, 6.45) is 3.41. The zero-order valence-corrected chi connectivity index (χ0v) is 14.4. The van der Waals surface area contributed by atoms with Crippen molar-refractivity contribution in [1.29, 1.82) is 0 Å². The molecule has 25 heavy (non-hydrogen) atoms. The summed E-state index contributed by atoms with van der Waals surface area (Å²) in [6, 6.07) is 11.1. The predicted molar refractivity (Wildman–Crippen MR) is 95.3 cm³/mol. The molecule has 1 atom stereocenters. The summed E-state index contributed by atoms with van der Waals surface area (Å²) in [5.74, 6) is 1.60. The quantitative estimate of drug-likeness (QED) is 0.772. The Morgan fingerprint density at radius 1 is 1.28 bits per heavy atom. The minimum Gasteiger partial charge on any atom is -0.497 e. The molecule has 0 bridgehead atoms. The zero-order valence-electron chi connectivity index (χ0n) is 14.4. The third-order valence-corrected chi connectivity index (χ3v) is 4.31. The van der Waals surface area contributed by atoms with Crippen molar-refractivity contribution in [3.63, 3.8) is 0 Å². The molecule has 0 amide bonds. The second kappa shape index (κ2) is 8.60. The molecule has 2 aromatic rings. The largest absolute Gasteiger partial charge is 0.497 e. The fraction of sp³-hybridized carbons (Fsp3) is 0.368. The average Bonchev–Trinajstić information content (AvgIpc) is 2.68. The fourth-order valence-corrected chi connectivity index (χ4v) is 2.85. The third kappa shape index (κ3) is 4.78. The Bertz CT molecular complexity index is 676. The minimum atomic E-state index is 0.107. The average molecular weight is 341 g/mol. The van der Waals surface area contributed by atoms with E-state index in [9.17, 15) is 4.79 Å². The van der Waals surface area contributed by atoms with E-state index < -0.39 is 0 Å². The van der Waals surface area contributed by atoms with Crippen LogP contribution in [0.4, 0.5) is 0 Å². The molecule has 1 fully saturated rings. The summed E-state index contributed by atoms with van der Waals surface area (Å²) in [5, 5.41) is 3.36. The van der Waals surface area contributed by atoms with Crippen molar-refractivity contribution in [3.8, 4) is 11.5 Å². The number of benzene rings is 1. The van der Waals surface area contributed by atoms with Crippen LogP contribution in [0.2, 0.25) is 0 Å². The highest BCUT2D eigenvalue weighted by Crippen LogP contribution is 2.14. The highest BCUT2D eigenvalue weighted by Gasteiger charge is 2.25. The summed E-state index contributed by atoms with van der Waals surface area (Å²) >= 11 is 0. The van der Waals surface area contributed by atoms with Crippen molar-refractivity contribution in [2.75, 3.05) is 39.9 Å². The lowest BCUT2D eigenvalue weighted by Gasteiger charge is -2.35. The van der Waals surface area contributed by atoms with E-state index in [4.69, 9.17) is 9.47 Å². The number of carbonyl (C=O) groups excluding carboxylic acids is 1. The van der Waals surface area contributed by atoms with Gasteiger partial charge in [0.25, 0.3) is 0 Å². The maximum Gasteiger partial charge on any atom is 0.176 e. The van der Waals surface area contributed by atoms with Crippen LogP contribution in [0, 0.1) is 0 Å². The van der Waals surface area contributed by atoms with Crippen molar-refractivity contribution in [3.05, 3.63) is 54.4 Å². The number of hydrogen-bond donors (Lipinski definition) is 1. The summed E-state index contributed by atoms with van der Waals surface area (Å²) < 4.78 is 11.0. The van der Waals surface area contributed by atoms with Gasteiger partial charge in [0.15, 0.2) is 5.78 Å². The van der Waals surface area contributed by atoms with Crippen LogP contribution in [0.25, 0.3) is 0 Å². The molecule has 1 unspecified atom stereocenters. The molecule has 0 saturated carbocycles. The van der Waals surface area contributed by atoms with Crippen molar-refractivity contribution < 1.29 is 14.3 Å². The zero-order chi connectivity index (χ0) is 17.5. The number of rotatable bonds is 7. The molecule has 2 heterocycles. The van der Waals surface area contributed by atoms with Gasteiger partial charge in [0.1, 0.15) is 18.1 Å². The first-order valence-corrected chi connectivity index (χ1v) is 8.41. The van der Waals surface area contributed by atoms with Gasteiger partial charge in [-0.15, -0.1) is 0 Å². The number of pyridine rings is 1. The molecule has 1 aromatic heterocycles. The van der Waals surface area contributed by atoms with Gasteiger partial charge in [-0.2, -0.15) is 0 Å². The molecule has 1 aromatic carbocycles. The Kier molecular flexibility index (Phi) is 5.98. The first-order chi connectivity index (χ1) is 12.3. The first-order valence-electron chi connectivity index (χ1n) is 8.41. The Morgan fingerprint density at radius 2 is 2.12 bits per heavy atom. The molecule has 3 rings (SSSR count). The van der Waals surface area contributed by atoms with E-state index in [-0.39, 0.29) is 11.8 Å². The van der Waals surface area contributed by atoms with Crippen LogP contribution < -0.4 is 14.8 Å². The molecule has 1 aliphatic heterocycles. The highest BCUT2D eigenvalue weighted by molar-refractivity contribution is 5.97. The maximum atomic E-state index is 12.6. The number of piperazine rings is 1. The summed E-state index contributed by atoms with van der Waals surface area (Å²) in [7, 11) is 1.62. The summed E-state index contributed by atoms with van der Waals surface area (Å²) in [6.45, 7) is 3.40. The Morgan fingerprint density at radius 3 is 2.84 bits per heavy atom. The number of Topliss-reactive ketones (excluding diaryl/α,β-unsaturated/α-hetero) is 1. The highest BCUT2D eigenvalue weighted by atomic mass is 16.5. The summed E-state index contributed by atoms with van der Waals surface area (Å²) in [5.41, 5.74) is 0.700. The number of hydrogen-bond acceptors (Lipinski definition) is 6. The smallest absolute Gasteiger partial charge is 0.176 e. The van der Waals surface area contributed by atoms with Gasteiger partial charge < -0.3 is 14.8 Å². The molecule has 6 nitrogen and oxygen atoms in total. The number of nitrogens with one attached hydrogen (secondary N) is 1. The minimum absolute atomic E-state index is 0.107. The normalized spacial score (nSPS) is 17.9. The lowest BCUT2D eigenvalue weighted by atomic mass is 10.1. The molecule has 0 spiro atoms. The Balaban J connectivity index is 1.59. The van der Waals surface area contributed by atoms with Crippen LogP contribution in [0.5, 0.6) is 11.5 Å². The number of ketones is 1. The molecule has 132 valence electrons. The molecule has 1 aliphatic rings. The topological polar surface area (TPSA) is 63.7 Å². The van der Waals surface area contributed by atoms with Gasteiger partial charge in [-0.05, 0) is 36.4 Å². The molecule has 6 heteroatoms. The molecule has 1 saturated heterocycles. The van der Waals surface area contributed by atoms with Crippen LogP contribution in [0.3, 0.4) is 0 Å². The Labute approximate surface area is 147 Å². The molecule has 1 N–H and O–H groups in total. The van der Waals surface area contributed by atoms with Crippen molar-refractivity contribution in [1.82, 2.24) is 15.2 Å². The number of aromatic nitrogens is 1. The predicted octanol–water partition coefficient (Wildman–Crippen LogP) is 1.63. The monoisotopic (exact) mass is 341 g/mol. The van der Waals surface area contributed by atoms with E-state index in [0.717, 1.165) is 31.1 Å². The lowest BCUT2D eigenvalue weighted by molar-refractivity contribution is 0.0783. The molecule has 0 radical (unpaired) electrons. The number of ether oxygens (including phenoxy) is 2. The second-order valence-electron chi connectivity index (χ2n) is 5.98. The van der Waals surface area contributed by atoms with Gasteiger partial charge in [-0.1, -0.05) is 0 Å². The van der Waals surface area contributed by atoms with Gasteiger partial charge >= 0.3 is 0 Å². The van der Waals surface area contributed by atoms with Crippen molar-refractivity contribution in [2.45, 2.75) is 6.04 Å². The van der Waals surface area contributed by atoms with E-state index >= 15 is 0 Å².